The molecule has 1 heterocycles. The predicted octanol–water partition coefficient (Wildman–Crippen LogP) is 1.89. The van der Waals surface area contributed by atoms with Crippen LogP contribution in [0.2, 0.25) is 0 Å². The molecule has 5 heteroatoms. The Morgan fingerprint density at radius 3 is 2.10 bits per heavy atom. The second kappa shape index (κ2) is 5.69. The monoisotopic (exact) mass is 285 g/mol. The van der Waals surface area contributed by atoms with E-state index in [1.54, 1.807) is 12.1 Å². The van der Waals surface area contributed by atoms with Crippen LogP contribution in [0.1, 0.15) is 19.8 Å². The van der Waals surface area contributed by atoms with Crippen molar-refractivity contribution in [2.75, 3.05) is 23.7 Å². The zero-order valence-corrected chi connectivity index (χ0v) is 12.0. The third kappa shape index (κ3) is 3.31. The van der Waals surface area contributed by atoms with E-state index in [9.17, 15) is 9.59 Å². The maximum atomic E-state index is 12.0. The van der Waals surface area contributed by atoms with Crippen LogP contribution in [-0.2, 0) is 9.59 Å². The van der Waals surface area contributed by atoms with Crippen molar-refractivity contribution in [2.24, 2.45) is 5.92 Å². The van der Waals surface area contributed by atoms with Crippen LogP contribution in [0.3, 0.4) is 0 Å². The van der Waals surface area contributed by atoms with Gasteiger partial charge in [-0.05, 0) is 49.6 Å². The first-order valence-electron chi connectivity index (χ1n) is 7.25. The quantitative estimate of drug-likeness (QED) is 0.740. The highest BCUT2D eigenvalue weighted by Crippen LogP contribution is 2.30. The largest absolute Gasteiger partial charge is 0.326 e. The molecule has 1 aliphatic carbocycles. The van der Waals surface area contributed by atoms with Crippen molar-refractivity contribution in [1.29, 1.82) is 0 Å². The number of hydrogen-bond donors (Lipinski definition) is 3. The molecule has 0 aromatic heterocycles. The minimum absolute atomic E-state index is 0.0683. The van der Waals surface area contributed by atoms with E-state index in [0.717, 1.165) is 48.5 Å². The van der Waals surface area contributed by atoms with Gasteiger partial charge >= 0.3 is 0 Å². The summed E-state index contributed by atoms with van der Waals surface area (Å²) in [5.74, 6) is 0.209. The smallest absolute Gasteiger partial charge is 0.251 e. The van der Waals surface area contributed by atoms with Crippen LogP contribution in [0.5, 0.6) is 0 Å². The Bertz CT molecular complexity index is 594. The SMILES string of the molecule is CC(C(=O)Nc1ccc(NC(=O)C2CC2)cc1)=C1CNC1. The van der Waals surface area contributed by atoms with Crippen molar-refractivity contribution in [3.8, 4) is 0 Å². The normalized spacial score (nSPS) is 16.9. The summed E-state index contributed by atoms with van der Waals surface area (Å²) in [5, 5.41) is 8.87. The molecule has 2 fully saturated rings. The van der Waals surface area contributed by atoms with Gasteiger partial charge in [0.15, 0.2) is 0 Å². The van der Waals surface area contributed by atoms with E-state index in [1.165, 1.54) is 0 Å². The van der Waals surface area contributed by atoms with Gasteiger partial charge in [-0.25, -0.2) is 0 Å². The fourth-order valence-electron chi connectivity index (χ4n) is 2.13. The number of benzene rings is 1. The van der Waals surface area contributed by atoms with Gasteiger partial charge in [0.05, 0.1) is 0 Å². The maximum absolute atomic E-state index is 12.0. The first-order chi connectivity index (χ1) is 10.1. The standard InChI is InChI=1S/C16H19N3O2/c1-10(12-8-17-9-12)15(20)18-13-4-6-14(7-5-13)19-16(21)11-2-3-11/h4-7,11,17H,2-3,8-9H2,1H3,(H,18,20)(H,19,21). The van der Waals surface area contributed by atoms with Crippen LogP contribution < -0.4 is 16.0 Å². The predicted molar refractivity (Wildman–Crippen MR) is 82.0 cm³/mol. The number of rotatable bonds is 4. The van der Waals surface area contributed by atoms with Crippen molar-refractivity contribution in [1.82, 2.24) is 5.32 Å². The van der Waals surface area contributed by atoms with E-state index in [4.69, 9.17) is 0 Å². The number of hydrogen-bond acceptors (Lipinski definition) is 3. The molecule has 1 saturated carbocycles. The molecule has 3 rings (SSSR count). The lowest BCUT2D eigenvalue weighted by Crippen LogP contribution is -2.36. The van der Waals surface area contributed by atoms with Gasteiger partial charge in [-0.3, -0.25) is 9.59 Å². The summed E-state index contributed by atoms with van der Waals surface area (Å²) in [5.41, 5.74) is 3.43. The molecule has 1 aliphatic heterocycles. The molecule has 0 spiro atoms. The summed E-state index contributed by atoms with van der Waals surface area (Å²) >= 11 is 0. The summed E-state index contributed by atoms with van der Waals surface area (Å²) in [6.07, 6.45) is 1.98. The molecule has 1 aromatic rings. The van der Waals surface area contributed by atoms with E-state index in [2.05, 4.69) is 16.0 Å². The summed E-state index contributed by atoms with van der Waals surface area (Å²) < 4.78 is 0. The number of carbonyl (C=O) groups is 2. The Labute approximate surface area is 123 Å². The minimum Gasteiger partial charge on any atom is -0.326 e. The molecule has 0 radical (unpaired) electrons. The minimum atomic E-state index is -0.0683. The second-order valence-electron chi connectivity index (χ2n) is 5.63. The summed E-state index contributed by atoms with van der Waals surface area (Å²) in [6.45, 7) is 3.44. The first-order valence-corrected chi connectivity index (χ1v) is 7.25. The van der Waals surface area contributed by atoms with Gasteiger partial charge in [0.2, 0.25) is 5.91 Å². The Morgan fingerprint density at radius 1 is 1.05 bits per heavy atom. The van der Waals surface area contributed by atoms with Gasteiger partial charge in [-0.15, -0.1) is 0 Å². The summed E-state index contributed by atoms with van der Waals surface area (Å²) in [6, 6.07) is 7.22. The summed E-state index contributed by atoms with van der Waals surface area (Å²) in [4.78, 5) is 23.7. The average molecular weight is 285 g/mol. The lowest BCUT2D eigenvalue weighted by Gasteiger charge is -2.21. The zero-order chi connectivity index (χ0) is 14.8. The molecule has 0 unspecified atom stereocenters. The van der Waals surface area contributed by atoms with Gasteiger partial charge in [-0.2, -0.15) is 0 Å². The van der Waals surface area contributed by atoms with Crippen molar-refractivity contribution >= 4 is 23.2 Å². The van der Waals surface area contributed by atoms with E-state index in [0.29, 0.717) is 0 Å². The topological polar surface area (TPSA) is 70.2 Å². The van der Waals surface area contributed by atoms with E-state index >= 15 is 0 Å². The van der Waals surface area contributed by atoms with Crippen molar-refractivity contribution < 1.29 is 9.59 Å². The highest BCUT2D eigenvalue weighted by molar-refractivity contribution is 6.04. The number of nitrogens with one attached hydrogen (secondary N) is 3. The van der Waals surface area contributed by atoms with Crippen LogP contribution in [-0.4, -0.2) is 24.9 Å². The van der Waals surface area contributed by atoms with Crippen molar-refractivity contribution in [3.05, 3.63) is 35.4 Å². The Morgan fingerprint density at radius 2 is 1.62 bits per heavy atom. The molecule has 3 N–H and O–H groups in total. The van der Waals surface area contributed by atoms with E-state index in [1.807, 2.05) is 19.1 Å². The molecule has 0 bridgehead atoms. The molecule has 2 aliphatic rings. The molecular formula is C16H19N3O2. The molecule has 1 saturated heterocycles. The molecular weight excluding hydrogens is 266 g/mol. The van der Waals surface area contributed by atoms with E-state index < -0.39 is 0 Å². The van der Waals surface area contributed by atoms with Crippen LogP contribution in [0.25, 0.3) is 0 Å². The number of carbonyl (C=O) groups excluding carboxylic acids is 2. The van der Waals surface area contributed by atoms with Gasteiger partial charge in [0.25, 0.3) is 5.91 Å². The molecule has 110 valence electrons. The van der Waals surface area contributed by atoms with Crippen molar-refractivity contribution in [3.63, 3.8) is 0 Å². The zero-order valence-electron chi connectivity index (χ0n) is 12.0. The van der Waals surface area contributed by atoms with Crippen LogP contribution in [0.15, 0.2) is 35.4 Å². The third-order valence-corrected chi connectivity index (χ3v) is 3.91. The average Bonchev–Trinajstić information content (AvgIpc) is 3.23. The summed E-state index contributed by atoms with van der Waals surface area (Å²) in [7, 11) is 0. The van der Waals surface area contributed by atoms with Gasteiger partial charge in [0.1, 0.15) is 0 Å². The highest BCUT2D eigenvalue weighted by Gasteiger charge is 2.29. The lowest BCUT2D eigenvalue weighted by atomic mass is 10.0. The Hall–Kier alpha value is -2.14. The number of amides is 2. The van der Waals surface area contributed by atoms with Crippen LogP contribution in [0.4, 0.5) is 11.4 Å². The third-order valence-electron chi connectivity index (χ3n) is 3.91. The van der Waals surface area contributed by atoms with Gasteiger partial charge in [-0.1, -0.05) is 0 Å². The lowest BCUT2D eigenvalue weighted by molar-refractivity contribution is -0.117. The van der Waals surface area contributed by atoms with Crippen molar-refractivity contribution in [2.45, 2.75) is 19.8 Å². The van der Waals surface area contributed by atoms with Crippen LogP contribution in [0, 0.1) is 5.92 Å². The van der Waals surface area contributed by atoms with Crippen LogP contribution >= 0.6 is 0 Å². The molecule has 1 aromatic carbocycles. The molecule has 2 amide bonds. The maximum Gasteiger partial charge on any atom is 0.251 e. The van der Waals surface area contributed by atoms with Gasteiger partial charge in [0, 0.05) is 36.0 Å². The molecule has 5 nitrogen and oxygen atoms in total. The highest BCUT2D eigenvalue weighted by atomic mass is 16.2. The number of anilines is 2. The first kappa shape index (κ1) is 13.8. The fraction of sp³-hybridized carbons (Fsp3) is 0.375. The van der Waals surface area contributed by atoms with E-state index in [-0.39, 0.29) is 17.7 Å². The molecule has 0 atom stereocenters. The molecule has 21 heavy (non-hydrogen) atoms. The fourth-order valence-corrected chi connectivity index (χ4v) is 2.13. The van der Waals surface area contributed by atoms with Gasteiger partial charge < -0.3 is 16.0 Å². The Kier molecular flexibility index (Phi) is 3.75. The second-order valence-corrected chi connectivity index (χ2v) is 5.63. The Balaban J connectivity index is 1.58.